The lowest BCUT2D eigenvalue weighted by molar-refractivity contribution is 0.199. The number of hydrogen-bond donors (Lipinski definition) is 2. The number of aliphatic hydroxyl groups is 1. The van der Waals surface area contributed by atoms with Crippen molar-refractivity contribution in [3.63, 3.8) is 0 Å². The molecule has 0 aliphatic carbocycles. The van der Waals surface area contributed by atoms with Crippen molar-refractivity contribution in [3.8, 4) is 5.75 Å². The van der Waals surface area contributed by atoms with Crippen molar-refractivity contribution in [3.05, 3.63) is 22.7 Å². The van der Waals surface area contributed by atoms with Crippen LogP contribution in [0.3, 0.4) is 0 Å². The number of aliphatic hydroxyl groups excluding tert-OH is 1. The van der Waals surface area contributed by atoms with Crippen LogP contribution in [0.1, 0.15) is 18.6 Å². The lowest BCUT2D eigenvalue weighted by atomic mass is 10.1. The van der Waals surface area contributed by atoms with Gasteiger partial charge in [0.05, 0.1) is 18.2 Å². The van der Waals surface area contributed by atoms with E-state index in [9.17, 15) is 5.11 Å². The number of nitrogens with two attached hydrogens (primary N) is 1. The van der Waals surface area contributed by atoms with Crippen molar-refractivity contribution in [1.29, 1.82) is 0 Å². The van der Waals surface area contributed by atoms with Crippen LogP contribution in [0.25, 0.3) is 0 Å². The van der Waals surface area contributed by atoms with E-state index in [1.807, 2.05) is 0 Å². The van der Waals surface area contributed by atoms with Gasteiger partial charge in [0, 0.05) is 11.3 Å². The molecule has 1 aromatic rings. The van der Waals surface area contributed by atoms with Crippen LogP contribution in [0.15, 0.2) is 12.1 Å². The first-order valence-corrected chi connectivity index (χ1v) is 4.25. The summed E-state index contributed by atoms with van der Waals surface area (Å²) in [6.07, 6.45) is -0.619. The van der Waals surface area contributed by atoms with Gasteiger partial charge in [-0.25, -0.2) is 0 Å². The highest BCUT2D eigenvalue weighted by Gasteiger charge is 2.10. The maximum atomic E-state index is 9.34. The van der Waals surface area contributed by atoms with Gasteiger partial charge < -0.3 is 15.6 Å². The highest BCUT2D eigenvalue weighted by atomic mass is 35.5. The largest absolute Gasteiger partial charge is 0.495 e. The number of benzene rings is 1. The molecule has 0 saturated carbocycles. The molecule has 3 nitrogen and oxygen atoms in total. The average molecular weight is 202 g/mol. The Morgan fingerprint density at radius 2 is 2.15 bits per heavy atom. The maximum Gasteiger partial charge on any atom is 0.137 e. The summed E-state index contributed by atoms with van der Waals surface area (Å²) in [4.78, 5) is 0. The Hall–Kier alpha value is -0.930. The van der Waals surface area contributed by atoms with E-state index in [0.29, 0.717) is 22.0 Å². The summed E-state index contributed by atoms with van der Waals surface area (Å²) < 4.78 is 4.99. The second kappa shape index (κ2) is 3.85. The predicted octanol–water partition coefficient (Wildman–Crippen LogP) is 1.98. The minimum Gasteiger partial charge on any atom is -0.495 e. The number of ether oxygens (including phenoxy) is 1. The number of hydrogen-bond acceptors (Lipinski definition) is 3. The van der Waals surface area contributed by atoms with E-state index in [-0.39, 0.29) is 0 Å². The molecule has 0 aromatic heterocycles. The molecular weight excluding hydrogens is 190 g/mol. The van der Waals surface area contributed by atoms with Gasteiger partial charge in [-0.15, -0.1) is 0 Å². The summed E-state index contributed by atoms with van der Waals surface area (Å²) in [6, 6.07) is 3.21. The average Bonchev–Trinajstić information content (AvgIpc) is 2.03. The molecule has 13 heavy (non-hydrogen) atoms. The van der Waals surface area contributed by atoms with Gasteiger partial charge in [-0.05, 0) is 19.1 Å². The van der Waals surface area contributed by atoms with Gasteiger partial charge in [0.15, 0.2) is 0 Å². The second-order valence-electron chi connectivity index (χ2n) is 2.79. The van der Waals surface area contributed by atoms with Crippen LogP contribution in [0.2, 0.25) is 5.02 Å². The highest BCUT2D eigenvalue weighted by molar-refractivity contribution is 6.32. The first-order chi connectivity index (χ1) is 6.06. The molecule has 0 heterocycles. The van der Waals surface area contributed by atoms with Crippen molar-refractivity contribution < 1.29 is 9.84 Å². The van der Waals surface area contributed by atoms with Gasteiger partial charge in [0.1, 0.15) is 5.75 Å². The van der Waals surface area contributed by atoms with Crippen molar-refractivity contribution >= 4 is 17.3 Å². The molecule has 4 heteroatoms. The normalized spacial score (nSPS) is 12.6. The first-order valence-electron chi connectivity index (χ1n) is 3.87. The summed E-state index contributed by atoms with van der Waals surface area (Å²) in [5.41, 5.74) is 6.75. The summed E-state index contributed by atoms with van der Waals surface area (Å²) in [7, 11) is 1.52. The summed E-state index contributed by atoms with van der Waals surface area (Å²) in [5, 5.41) is 9.79. The predicted molar refractivity (Wildman–Crippen MR) is 53.1 cm³/mol. The fourth-order valence-electron chi connectivity index (χ4n) is 1.10. The summed E-state index contributed by atoms with van der Waals surface area (Å²) in [6.45, 7) is 1.64. The number of halogens is 1. The van der Waals surface area contributed by atoms with E-state index < -0.39 is 6.10 Å². The van der Waals surface area contributed by atoms with Gasteiger partial charge in [-0.1, -0.05) is 11.6 Å². The zero-order chi connectivity index (χ0) is 10.0. The molecule has 0 spiro atoms. The monoisotopic (exact) mass is 201 g/mol. The van der Waals surface area contributed by atoms with E-state index in [4.69, 9.17) is 22.1 Å². The van der Waals surface area contributed by atoms with E-state index in [1.54, 1.807) is 19.1 Å². The van der Waals surface area contributed by atoms with Crippen molar-refractivity contribution in [2.45, 2.75) is 13.0 Å². The standard InChI is InChI=1S/C9H12ClNO2/c1-5(12)6-3-9(13-2)7(10)4-8(6)11/h3-5,12H,11H2,1-2H3. The molecule has 3 N–H and O–H groups in total. The molecule has 1 aromatic carbocycles. The number of anilines is 1. The van der Waals surface area contributed by atoms with Crippen LogP contribution < -0.4 is 10.5 Å². The van der Waals surface area contributed by atoms with Gasteiger partial charge >= 0.3 is 0 Å². The Bertz CT molecular complexity index is 313. The zero-order valence-corrected chi connectivity index (χ0v) is 8.30. The SMILES string of the molecule is COc1cc(C(C)O)c(N)cc1Cl. The smallest absolute Gasteiger partial charge is 0.137 e. The molecule has 1 unspecified atom stereocenters. The van der Waals surface area contributed by atoms with E-state index in [2.05, 4.69) is 0 Å². The van der Waals surface area contributed by atoms with E-state index in [1.165, 1.54) is 7.11 Å². The molecule has 72 valence electrons. The van der Waals surface area contributed by atoms with Crippen molar-refractivity contribution in [2.75, 3.05) is 12.8 Å². The third-order valence-electron chi connectivity index (χ3n) is 1.81. The third-order valence-corrected chi connectivity index (χ3v) is 2.10. The lowest BCUT2D eigenvalue weighted by Gasteiger charge is -2.11. The topological polar surface area (TPSA) is 55.5 Å². The fraction of sp³-hybridized carbons (Fsp3) is 0.333. The number of methoxy groups -OCH3 is 1. The minimum absolute atomic E-state index is 0.449. The maximum absolute atomic E-state index is 9.34. The Kier molecular flexibility index (Phi) is 3.01. The van der Waals surface area contributed by atoms with Crippen molar-refractivity contribution in [2.24, 2.45) is 0 Å². The highest BCUT2D eigenvalue weighted by Crippen LogP contribution is 2.32. The van der Waals surface area contributed by atoms with Crippen LogP contribution in [0, 0.1) is 0 Å². The zero-order valence-electron chi connectivity index (χ0n) is 7.54. The Morgan fingerprint density at radius 1 is 1.54 bits per heavy atom. The summed E-state index contributed by atoms with van der Waals surface area (Å²) in [5.74, 6) is 0.520. The van der Waals surface area contributed by atoms with E-state index in [0.717, 1.165) is 0 Å². The van der Waals surface area contributed by atoms with Gasteiger partial charge in [0.25, 0.3) is 0 Å². The van der Waals surface area contributed by atoms with Crippen LogP contribution in [-0.4, -0.2) is 12.2 Å². The molecule has 1 rings (SSSR count). The van der Waals surface area contributed by atoms with Crippen molar-refractivity contribution in [1.82, 2.24) is 0 Å². The molecule has 0 radical (unpaired) electrons. The first kappa shape index (κ1) is 10.2. The Balaban J connectivity index is 3.22. The third kappa shape index (κ3) is 2.05. The van der Waals surface area contributed by atoms with Crippen LogP contribution in [0.4, 0.5) is 5.69 Å². The Morgan fingerprint density at radius 3 is 2.62 bits per heavy atom. The fourth-order valence-corrected chi connectivity index (χ4v) is 1.35. The minimum atomic E-state index is -0.619. The van der Waals surface area contributed by atoms with Gasteiger partial charge in [-0.2, -0.15) is 0 Å². The summed E-state index contributed by atoms with van der Waals surface area (Å²) >= 11 is 5.82. The molecule has 0 amide bonds. The van der Waals surface area contributed by atoms with E-state index >= 15 is 0 Å². The molecule has 0 fully saturated rings. The van der Waals surface area contributed by atoms with Crippen LogP contribution in [-0.2, 0) is 0 Å². The quantitative estimate of drug-likeness (QED) is 0.720. The number of rotatable bonds is 2. The second-order valence-corrected chi connectivity index (χ2v) is 3.20. The molecular formula is C9H12ClNO2. The molecule has 0 aliphatic heterocycles. The number of nitrogen functional groups attached to an aromatic ring is 1. The molecule has 0 aliphatic rings. The van der Waals surface area contributed by atoms with Gasteiger partial charge in [-0.3, -0.25) is 0 Å². The molecule has 1 atom stereocenters. The Labute approximate surface area is 82.1 Å². The van der Waals surface area contributed by atoms with Crippen LogP contribution in [0.5, 0.6) is 5.75 Å². The lowest BCUT2D eigenvalue weighted by Crippen LogP contribution is -1.99. The van der Waals surface area contributed by atoms with Gasteiger partial charge in [0.2, 0.25) is 0 Å². The molecule has 0 saturated heterocycles. The molecule has 0 bridgehead atoms. The van der Waals surface area contributed by atoms with Crippen LogP contribution >= 0.6 is 11.6 Å².